The van der Waals surface area contributed by atoms with E-state index in [2.05, 4.69) is 33.8 Å². The Morgan fingerprint density at radius 2 is 1.92 bits per heavy atom. The monoisotopic (exact) mass is 180 g/mol. The van der Waals surface area contributed by atoms with Crippen LogP contribution >= 0.6 is 0 Å². The zero-order chi connectivity index (χ0) is 10.3. The van der Waals surface area contributed by atoms with Gasteiger partial charge >= 0.3 is 0 Å². The lowest BCUT2D eigenvalue weighted by molar-refractivity contribution is -0.104. The van der Waals surface area contributed by atoms with Crippen LogP contribution in [0, 0.1) is 5.92 Å². The quantitative estimate of drug-likeness (QED) is 0.359. The van der Waals surface area contributed by atoms with Crippen LogP contribution in [0.5, 0.6) is 0 Å². The van der Waals surface area contributed by atoms with E-state index in [9.17, 15) is 4.79 Å². The van der Waals surface area contributed by atoms with E-state index in [0.717, 1.165) is 19.1 Å². The maximum absolute atomic E-state index is 10.3. The fourth-order valence-electron chi connectivity index (χ4n) is 1.18. The van der Waals surface area contributed by atoms with Crippen LogP contribution < -0.4 is 0 Å². The Bertz CT molecular complexity index is 205. The molecule has 0 bridgehead atoms. The van der Waals surface area contributed by atoms with Crippen molar-refractivity contribution in [3.8, 4) is 0 Å². The minimum Gasteiger partial charge on any atom is -0.299 e. The van der Waals surface area contributed by atoms with Gasteiger partial charge in [-0.2, -0.15) is 0 Å². The molecule has 0 amide bonds. The number of allylic oxidation sites excluding steroid dienone is 4. The summed E-state index contributed by atoms with van der Waals surface area (Å²) >= 11 is 0. The summed E-state index contributed by atoms with van der Waals surface area (Å²) in [6.45, 7) is 8.44. The first-order chi connectivity index (χ1) is 6.07. The van der Waals surface area contributed by atoms with Crippen LogP contribution in [0.4, 0.5) is 0 Å². The maximum atomic E-state index is 10.3. The molecule has 0 aliphatic carbocycles. The molecule has 0 atom stereocenters. The third-order valence-electron chi connectivity index (χ3n) is 2.01. The lowest BCUT2D eigenvalue weighted by Crippen LogP contribution is -1.94. The van der Waals surface area contributed by atoms with Crippen LogP contribution in [0.15, 0.2) is 23.3 Å². The van der Waals surface area contributed by atoms with E-state index < -0.39 is 0 Å². The number of rotatable bonds is 5. The van der Waals surface area contributed by atoms with Crippen molar-refractivity contribution in [3.63, 3.8) is 0 Å². The predicted molar refractivity (Wildman–Crippen MR) is 57.7 cm³/mol. The molecule has 74 valence electrons. The Kier molecular flexibility index (Phi) is 6.21. The molecule has 0 saturated carbocycles. The SMILES string of the molecule is CC(C)=CCC/C(=C/C=O)C(C)C. The van der Waals surface area contributed by atoms with Gasteiger partial charge in [0.2, 0.25) is 0 Å². The van der Waals surface area contributed by atoms with Gasteiger partial charge < -0.3 is 0 Å². The van der Waals surface area contributed by atoms with Gasteiger partial charge in [-0.1, -0.05) is 31.1 Å². The molecule has 0 rings (SSSR count). The Balaban J connectivity index is 4.06. The Morgan fingerprint density at radius 3 is 2.31 bits per heavy atom. The molecule has 13 heavy (non-hydrogen) atoms. The first kappa shape index (κ1) is 12.2. The molecule has 0 aromatic rings. The van der Waals surface area contributed by atoms with Crippen molar-refractivity contribution in [2.24, 2.45) is 5.92 Å². The highest BCUT2D eigenvalue weighted by Gasteiger charge is 2.00. The highest BCUT2D eigenvalue weighted by molar-refractivity contribution is 5.66. The molecule has 0 radical (unpaired) electrons. The third kappa shape index (κ3) is 6.32. The first-order valence-electron chi connectivity index (χ1n) is 4.85. The molecule has 0 fully saturated rings. The second-order valence-corrected chi connectivity index (χ2v) is 3.85. The van der Waals surface area contributed by atoms with E-state index in [0.29, 0.717) is 5.92 Å². The number of hydrogen-bond acceptors (Lipinski definition) is 1. The average Bonchev–Trinajstić information content (AvgIpc) is 2.02. The smallest absolute Gasteiger partial charge is 0.142 e. The molecule has 0 unspecified atom stereocenters. The minimum atomic E-state index is 0.482. The van der Waals surface area contributed by atoms with Crippen molar-refractivity contribution in [2.75, 3.05) is 0 Å². The third-order valence-corrected chi connectivity index (χ3v) is 2.01. The van der Waals surface area contributed by atoms with Gasteiger partial charge in [-0.15, -0.1) is 0 Å². The molecule has 1 heteroatoms. The second kappa shape index (κ2) is 6.64. The van der Waals surface area contributed by atoms with Crippen molar-refractivity contribution < 1.29 is 4.79 Å². The Labute approximate surface area is 81.5 Å². The van der Waals surface area contributed by atoms with E-state index in [-0.39, 0.29) is 0 Å². The van der Waals surface area contributed by atoms with Gasteiger partial charge in [-0.05, 0) is 38.7 Å². The van der Waals surface area contributed by atoms with Crippen LogP contribution in [0.1, 0.15) is 40.5 Å². The van der Waals surface area contributed by atoms with Gasteiger partial charge in [-0.25, -0.2) is 0 Å². The van der Waals surface area contributed by atoms with Gasteiger partial charge in [0.15, 0.2) is 0 Å². The van der Waals surface area contributed by atoms with Crippen LogP contribution in [-0.2, 0) is 4.79 Å². The van der Waals surface area contributed by atoms with Gasteiger partial charge in [-0.3, -0.25) is 4.79 Å². The van der Waals surface area contributed by atoms with Gasteiger partial charge in [0.25, 0.3) is 0 Å². The fraction of sp³-hybridized carbons (Fsp3) is 0.583. The summed E-state index contributed by atoms with van der Waals surface area (Å²) in [6, 6.07) is 0. The van der Waals surface area contributed by atoms with E-state index >= 15 is 0 Å². The molecule has 0 aliphatic heterocycles. The molecule has 0 heterocycles. The molecule has 0 aromatic carbocycles. The van der Waals surface area contributed by atoms with Gasteiger partial charge in [0.05, 0.1) is 0 Å². The zero-order valence-corrected chi connectivity index (χ0v) is 9.13. The van der Waals surface area contributed by atoms with Crippen LogP contribution in [0.2, 0.25) is 0 Å². The molecule has 0 saturated heterocycles. The fourth-order valence-corrected chi connectivity index (χ4v) is 1.18. The van der Waals surface area contributed by atoms with Crippen LogP contribution in [0.25, 0.3) is 0 Å². The minimum absolute atomic E-state index is 0.482. The van der Waals surface area contributed by atoms with Gasteiger partial charge in [0, 0.05) is 0 Å². The lowest BCUT2D eigenvalue weighted by Gasteiger charge is -2.08. The van der Waals surface area contributed by atoms with Crippen molar-refractivity contribution in [2.45, 2.75) is 40.5 Å². The average molecular weight is 180 g/mol. The summed E-state index contributed by atoms with van der Waals surface area (Å²) in [4.78, 5) is 10.3. The first-order valence-corrected chi connectivity index (χ1v) is 4.85. The normalized spacial score (nSPS) is 11.6. The number of carbonyl (C=O) groups is 1. The lowest BCUT2D eigenvalue weighted by atomic mass is 9.98. The van der Waals surface area contributed by atoms with Crippen LogP contribution in [-0.4, -0.2) is 6.29 Å². The molecular weight excluding hydrogens is 160 g/mol. The van der Waals surface area contributed by atoms with Crippen molar-refractivity contribution in [1.29, 1.82) is 0 Å². The largest absolute Gasteiger partial charge is 0.299 e. The Morgan fingerprint density at radius 1 is 1.31 bits per heavy atom. The number of carbonyl (C=O) groups excluding carboxylic acids is 1. The summed E-state index contributed by atoms with van der Waals surface area (Å²) < 4.78 is 0. The summed E-state index contributed by atoms with van der Waals surface area (Å²) in [5.41, 5.74) is 2.58. The van der Waals surface area contributed by atoms with E-state index in [4.69, 9.17) is 0 Å². The zero-order valence-electron chi connectivity index (χ0n) is 9.13. The molecule has 0 aliphatic rings. The second-order valence-electron chi connectivity index (χ2n) is 3.85. The van der Waals surface area contributed by atoms with E-state index in [1.807, 2.05) is 0 Å². The summed E-state index contributed by atoms with van der Waals surface area (Å²) in [6.07, 6.45) is 6.84. The number of hydrogen-bond donors (Lipinski definition) is 0. The van der Waals surface area contributed by atoms with Crippen LogP contribution in [0.3, 0.4) is 0 Å². The predicted octanol–water partition coefficient (Wildman–Crippen LogP) is 3.51. The molecular formula is C12H20O. The van der Waals surface area contributed by atoms with E-state index in [1.54, 1.807) is 6.08 Å². The summed E-state index contributed by atoms with van der Waals surface area (Å²) in [5, 5.41) is 0. The summed E-state index contributed by atoms with van der Waals surface area (Å²) in [5.74, 6) is 0.482. The maximum Gasteiger partial charge on any atom is 0.142 e. The molecule has 0 N–H and O–H groups in total. The van der Waals surface area contributed by atoms with Gasteiger partial charge in [0.1, 0.15) is 6.29 Å². The summed E-state index contributed by atoms with van der Waals surface area (Å²) in [7, 11) is 0. The topological polar surface area (TPSA) is 17.1 Å². The molecule has 0 spiro atoms. The van der Waals surface area contributed by atoms with Crippen molar-refractivity contribution >= 4 is 6.29 Å². The standard InChI is InChI=1S/C12H20O/c1-10(2)6-5-7-12(8-9-13)11(3)4/h6,8-9,11H,5,7H2,1-4H3/b12-8-. The van der Waals surface area contributed by atoms with Crippen molar-refractivity contribution in [3.05, 3.63) is 23.3 Å². The van der Waals surface area contributed by atoms with E-state index in [1.165, 1.54) is 11.1 Å². The number of aldehydes is 1. The highest BCUT2D eigenvalue weighted by Crippen LogP contribution is 2.15. The Hall–Kier alpha value is -0.850. The molecule has 1 nitrogen and oxygen atoms in total. The molecule has 0 aromatic heterocycles. The van der Waals surface area contributed by atoms with Crippen molar-refractivity contribution in [1.82, 2.24) is 0 Å². The highest BCUT2D eigenvalue weighted by atomic mass is 16.1.